The third-order valence-electron chi connectivity index (χ3n) is 5.48. The highest BCUT2D eigenvalue weighted by molar-refractivity contribution is 5.89. The van der Waals surface area contributed by atoms with Crippen LogP contribution in [0.2, 0.25) is 0 Å². The predicted molar refractivity (Wildman–Crippen MR) is 121 cm³/mol. The molecule has 1 fully saturated rings. The van der Waals surface area contributed by atoms with E-state index in [2.05, 4.69) is 17.0 Å². The first-order valence-electron chi connectivity index (χ1n) is 10.4. The summed E-state index contributed by atoms with van der Waals surface area (Å²) in [5.74, 6) is -0.0287. The van der Waals surface area contributed by atoms with E-state index in [-0.39, 0.29) is 11.9 Å². The van der Waals surface area contributed by atoms with Gasteiger partial charge in [0.15, 0.2) is 0 Å². The number of benzene rings is 1. The molecular weight excluding hydrogens is 362 g/mol. The number of carbonyl (C=O) groups is 1. The molecule has 0 bridgehead atoms. The smallest absolute Gasteiger partial charge is 0.247 e. The Morgan fingerprint density at radius 2 is 1.90 bits per heavy atom. The average Bonchev–Trinajstić information content (AvgIpc) is 2.68. The highest BCUT2D eigenvalue weighted by Crippen LogP contribution is 2.26. The summed E-state index contributed by atoms with van der Waals surface area (Å²) in [6.07, 6.45) is 11.1. The van der Waals surface area contributed by atoms with Crippen molar-refractivity contribution < 1.29 is 9.90 Å². The van der Waals surface area contributed by atoms with Crippen LogP contribution in [-0.2, 0) is 10.4 Å². The second-order valence-electron chi connectivity index (χ2n) is 8.27. The minimum atomic E-state index is -0.905. The van der Waals surface area contributed by atoms with Crippen molar-refractivity contribution in [3.05, 3.63) is 53.8 Å². The van der Waals surface area contributed by atoms with Crippen molar-refractivity contribution in [1.29, 1.82) is 0 Å². The lowest BCUT2D eigenvalue weighted by molar-refractivity contribution is -0.122. The lowest BCUT2D eigenvalue weighted by Crippen LogP contribution is -2.49. The Morgan fingerprint density at radius 3 is 2.41 bits per heavy atom. The van der Waals surface area contributed by atoms with Crippen LogP contribution < -0.4 is 10.2 Å². The van der Waals surface area contributed by atoms with Crippen LogP contribution in [0.4, 0.5) is 5.69 Å². The molecule has 1 unspecified atom stereocenters. The largest absolute Gasteiger partial charge is 0.386 e. The number of hydrogen-bond donors (Lipinski definition) is 2. The molecule has 1 amide bonds. The first kappa shape index (κ1) is 22.9. The van der Waals surface area contributed by atoms with Gasteiger partial charge in [0.05, 0.1) is 5.60 Å². The van der Waals surface area contributed by atoms with Crippen LogP contribution in [0.25, 0.3) is 0 Å². The maximum Gasteiger partial charge on any atom is 0.247 e. The van der Waals surface area contributed by atoms with Crippen molar-refractivity contribution in [2.75, 3.05) is 11.9 Å². The van der Waals surface area contributed by atoms with Gasteiger partial charge in [-0.15, -0.1) is 0 Å². The van der Waals surface area contributed by atoms with E-state index >= 15 is 0 Å². The highest BCUT2D eigenvalue weighted by atomic mass is 16.3. The fourth-order valence-electron chi connectivity index (χ4n) is 3.83. The molecule has 1 aromatic carbocycles. The third kappa shape index (κ3) is 6.29. The van der Waals surface area contributed by atoms with Gasteiger partial charge in [-0.2, -0.15) is 0 Å². The molecule has 158 valence electrons. The van der Waals surface area contributed by atoms with Gasteiger partial charge in [0.2, 0.25) is 5.91 Å². The van der Waals surface area contributed by atoms with E-state index in [9.17, 15) is 9.90 Å². The van der Waals surface area contributed by atoms with Gasteiger partial charge in [-0.05, 0) is 58.0 Å². The summed E-state index contributed by atoms with van der Waals surface area (Å²) in [6, 6.07) is 7.37. The first-order valence-corrected chi connectivity index (χ1v) is 10.4. The van der Waals surface area contributed by atoms with Gasteiger partial charge in [-0.25, -0.2) is 0 Å². The van der Waals surface area contributed by atoms with E-state index in [0.29, 0.717) is 0 Å². The standard InChI is InChI=1S/C24H35N3O2/c1-6-10-18(17-25-4)22(23(28)26-20-11-8-7-9-12-20)27(5)21-15-13-19(14-16-21)24(2,3)29/h6,10,13-17,20,22,29H,4,7-9,11-12H2,1-3,5H3,(H,26,28)/b10-6-,18-17+. The fourth-order valence-corrected chi connectivity index (χ4v) is 3.83. The van der Waals surface area contributed by atoms with Crippen LogP contribution in [0.15, 0.2) is 53.2 Å². The topological polar surface area (TPSA) is 64.9 Å². The molecule has 2 N–H and O–H groups in total. The third-order valence-corrected chi connectivity index (χ3v) is 5.48. The van der Waals surface area contributed by atoms with E-state index in [1.807, 2.05) is 55.3 Å². The molecule has 0 saturated heterocycles. The van der Waals surface area contributed by atoms with Crippen molar-refractivity contribution in [2.45, 2.75) is 70.6 Å². The van der Waals surface area contributed by atoms with Gasteiger partial charge in [0.1, 0.15) is 6.04 Å². The lowest BCUT2D eigenvalue weighted by atomic mass is 9.94. The molecule has 0 aromatic heterocycles. The Labute approximate surface area is 175 Å². The number of rotatable bonds is 8. The minimum Gasteiger partial charge on any atom is -0.386 e. The molecular formula is C24H35N3O2. The van der Waals surface area contributed by atoms with Crippen molar-refractivity contribution >= 4 is 18.3 Å². The molecule has 2 rings (SSSR count). The van der Waals surface area contributed by atoms with Crippen LogP contribution in [-0.4, -0.2) is 36.9 Å². The van der Waals surface area contributed by atoms with Gasteiger partial charge in [-0.1, -0.05) is 43.5 Å². The van der Waals surface area contributed by atoms with Gasteiger partial charge in [0, 0.05) is 30.5 Å². The van der Waals surface area contributed by atoms with Crippen molar-refractivity contribution in [3.8, 4) is 0 Å². The van der Waals surface area contributed by atoms with Crippen molar-refractivity contribution in [1.82, 2.24) is 5.32 Å². The summed E-state index contributed by atoms with van der Waals surface area (Å²) in [7, 11) is 1.91. The number of amides is 1. The van der Waals surface area contributed by atoms with Crippen molar-refractivity contribution in [2.24, 2.45) is 4.99 Å². The van der Waals surface area contributed by atoms with E-state index in [1.54, 1.807) is 20.0 Å². The van der Waals surface area contributed by atoms with Crippen molar-refractivity contribution in [3.63, 3.8) is 0 Å². The molecule has 0 radical (unpaired) electrons. The number of carbonyl (C=O) groups excluding carboxylic acids is 1. The van der Waals surface area contributed by atoms with E-state index in [1.165, 1.54) is 6.42 Å². The SMILES string of the molecule is C=N/C=C(\C=C/C)C(C(=O)NC1CCCCC1)N(C)c1ccc(C(C)(C)O)cc1. The molecule has 1 aromatic rings. The van der Waals surface area contributed by atoms with Crippen LogP contribution in [0.5, 0.6) is 0 Å². The normalized spacial score (nSPS) is 17.2. The summed E-state index contributed by atoms with van der Waals surface area (Å²) in [5.41, 5.74) is 1.60. The van der Waals surface area contributed by atoms with Crippen LogP contribution >= 0.6 is 0 Å². The molecule has 0 spiro atoms. The maximum atomic E-state index is 13.3. The summed E-state index contributed by atoms with van der Waals surface area (Å²) in [4.78, 5) is 19.2. The van der Waals surface area contributed by atoms with E-state index in [0.717, 1.165) is 42.5 Å². The summed E-state index contributed by atoms with van der Waals surface area (Å²) in [6.45, 7) is 9.01. The molecule has 1 aliphatic carbocycles. The Balaban J connectivity index is 2.33. The van der Waals surface area contributed by atoms with Gasteiger partial charge in [-0.3, -0.25) is 9.79 Å². The molecule has 0 aliphatic heterocycles. The number of allylic oxidation sites excluding steroid dienone is 1. The molecule has 5 heteroatoms. The van der Waals surface area contributed by atoms with Gasteiger partial charge < -0.3 is 15.3 Å². The fraction of sp³-hybridized carbons (Fsp3) is 0.500. The second-order valence-corrected chi connectivity index (χ2v) is 8.27. The first-order chi connectivity index (χ1) is 13.8. The Morgan fingerprint density at radius 1 is 1.28 bits per heavy atom. The Hall–Kier alpha value is -2.40. The summed E-state index contributed by atoms with van der Waals surface area (Å²) in [5, 5.41) is 13.5. The molecule has 29 heavy (non-hydrogen) atoms. The number of nitrogens with one attached hydrogen (secondary N) is 1. The maximum absolute atomic E-state index is 13.3. The molecule has 1 atom stereocenters. The number of anilines is 1. The molecule has 0 heterocycles. The van der Waals surface area contributed by atoms with Gasteiger partial charge in [0.25, 0.3) is 0 Å². The zero-order chi connectivity index (χ0) is 21.4. The molecule has 1 aliphatic rings. The van der Waals surface area contributed by atoms with E-state index < -0.39 is 11.6 Å². The van der Waals surface area contributed by atoms with Gasteiger partial charge >= 0.3 is 0 Å². The van der Waals surface area contributed by atoms with Crippen LogP contribution in [0.1, 0.15) is 58.4 Å². The lowest BCUT2D eigenvalue weighted by Gasteiger charge is -2.32. The highest BCUT2D eigenvalue weighted by Gasteiger charge is 2.29. The van der Waals surface area contributed by atoms with Crippen LogP contribution in [0, 0.1) is 0 Å². The zero-order valence-electron chi connectivity index (χ0n) is 18.2. The summed E-state index contributed by atoms with van der Waals surface area (Å²) >= 11 is 0. The summed E-state index contributed by atoms with van der Waals surface area (Å²) < 4.78 is 0. The number of nitrogens with zero attached hydrogens (tertiary/aromatic N) is 2. The monoisotopic (exact) mass is 397 g/mol. The molecule has 1 saturated carbocycles. The van der Waals surface area contributed by atoms with Crippen LogP contribution in [0.3, 0.4) is 0 Å². The number of likely N-dealkylation sites (N-methyl/N-ethyl adjacent to an activating group) is 1. The quantitative estimate of drug-likeness (QED) is 0.507. The molecule has 5 nitrogen and oxygen atoms in total. The number of aliphatic hydroxyl groups is 1. The number of hydrogen-bond acceptors (Lipinski definition) is 4. The second kappa shape index (κ2) is 10.4. The zero-order valence-corrected chi connectivity index (χ0v) is 18.2. The Bertz CT molecular complexity index is 738. The predicted octanol–water partition coefficient (Wildman–Crippen LogP) is 4.33. The van der Waals surface area contributed by atoms with E-state index in [4.69, 9.17) is 0 Å². The average molecular weight is 398 g/mol. The number of aliphatic imine (C=N–C) groups is 1. The Kier molecular flexibility index (Phi) is 8.21. The minimum absolute atomic E-state index is 0.0287.